The van der Waals surface area contributed by atoms with Crippen LogP contribution in [0.15, 0.2) is 66.8 Å². The third-order valence-electron chi connectivity index (χ3n) is 4.95. The summed E-state index contributed by atoms with van der Waals surface area (Å²) >= 11 is 5.94. The monoisotopic (exact) mass is 425 g/mol. The number of aliphatic hydroxyl groups excluding tert-OH is 1. The minimum absolute atomic E-state index is 0.0688. The first-order valence-corrected chi connectivity index (χ1v) is 10.2. The van der Waals surface area contributed by atoms with E-state index in [9.17, 15) is 14.7 Å². The molecule has 6 heteroatoms. The Kier molecular flexibility index (Phi) is 6.95. The van der Waals surface area contributed by atoms with Crippen molar-refractivity contribution in [2.24, 2.45) is 0 Å². The Hall–Kier alpha value is -3.05. The van der Waals surface area contributed by atoms with Crippen LogP contribution in [0.2, 0.25) is 5.02 Å². The second-order valence-corrected chi connectivity index (χ2v) is 7.46. The molecule has 1 heterocycles. The predicted octanol–water partition coefficient (Wildman–Crippen LogP) is 5.13. The number of ketones is 1. The smallest absolute Gasteiger partial charge is 0.295 e. The van der Waals surface area contributed by atoms with Crippen molar-refractivity contribution in [2.75, 3.05) is 13.2 Å². The molecule has 0 radical (unpaired) electrons. The molecule has 2 aromatic carbocycles. The van der Waals surface area contributed by atoms with E-state index in [1.165, 1.54) is 4.90 Å². The normalized spacial score (nSPS) is 17.9. The summed E-state index contributed by atoms with van der Waals surface area (Å²) in [6.45, 7) is 6.42. The number of hydrogen-bond donors (Lipinski definition) is 1. The Balaban J connectivity index is 2.12. The number of likely N-dealkylation sites (tertiary alicyclic amines) is 1. The Labute approximate surface area is 181 Å². The molecule has 1 amide bonds. The molecule has 2 aromatic rings. The number of carbonyl (C=O) groups is 2. The van der Waals surface area contributed by atoms with Gasteiger partial charge in [-0.05, 0) is 48.4 Å². The van der Waals surface area contributed by atoms with Crippen LogP contribution in [0.5, 0.6) is 5.75 Å². The highest BCUT2D eigenvalue weighted by atomic mass is 35.5. The van der Waals surface area contributed by atoms with E-state index in [0.717, 1.165) is 12.8 Å². The van der Waals surface area contributed by atoms with Gasteiger partial charge in [-0.25, -0.2) is 0 Å². The summed E-state index contributed by atoms with van der Waals surface area (Å²) in [7, 11) is 0. The first kappa shape index (κ1) is 21.7. The standard InChI is InChI=1S/C24H24ClNO4/c1-3-5-13-26-21(17-7-6-8-19(15-17)30-14-4-2)20(23(28)24(26)29)22(27)16-9-11-18(25)12-10-16/h4,6-12,15,21,27H,2-3,5,13-14H2,1H3/b22-20-. The van der Waals surface area contributed by atoms with Crippen molar-refractivity contribution in [3.63, 3.8) is 0 Å². The Morgan fingerprint density at radius 2 is 1.97 bits per heavy atom. The summed E-state index contributed by atoms with van der Waals surface area (Å²) in [6, 6.07) is 13.0. The average Bonchev–Trinajstić information content (AvgIpc) is 3.01. The van der Waals surface area contributed by atoms with Gasteiger partial charge in [0.1, 0.15) is 18.1 Å². The van der Waals surface area contributed by atoms with E-state index in [2.05, 4.69) is 6.58 Å². The fourth-order valence-corrected chi connectivity index (χ4v) is 3.60. The van der Waals surface area contributed by atoms with Gasteiger partial charge in [-0.3, -0.25) is 9.59 Å². The van der Waals surface area contributed by atoms with Crippen LogP contribution in [-0.4, -0.2) is 34.8 Å². The zero-order chi connectivity index (χ0) is 21.7. The van der Waals surface area contributed by atoms with Crippen LogP contribution in [0.25, 0.3) is 5.76 Å². The van der Waals surface area contributed by atoms with Crippen LogP contribution in [0.1, 0.15) is 36.9 Å². The largest absolute Gasteiger partial charge is 0.507 e. The minimum Gasteiger partial charge on any atom is -0.507 e. The van der Waals surface area contributed by atoms with Crippen LogP contribution < -0.4 is 4.74 Å². The van der Waals surface area contributed by atoms with Gasteiger partial charge in [-0.15, -0.1) is 0 Å². The van der Waals surface area contributed by atoms with Gasteiger partial charge >= 0.3 is 0 Å². The molecule has 0 aliphatic carbocycles. The molecule has 1 fully saturated rings. The maximum atomic E-state index is 12.9. The van der Waals surface area contributed by atoms with E-state index < -0.39 is 17.7 Å². The van der Waals surface area contributed by atoms with Gasteiger partial charge in [0, 0.05) is 17.1 Å². The van der Waals surface area contributed by atoms with Gasteiger partial charge in [-0.1, -0.05) is 49.7 Å². The number of Topliss-reactive ketones (excluding diaryl/α,β-unsaturated/α-hetero) is 1. The van der Waals surface area contributed by atoms with Gasteiger partial charge in [0.25, 0.3) is 11.7 Å². The Morgan fingerprint density at radius 1 is 1.23 bits per heavy atom. The molecule has 156 valence electrons. The van der Waals surface area contributed by atoms with Gasteiger partial charge in [0.05, 0.1) is 11.6 Å². The summed E-state index contributed by atoms with van der Waals surface area (Å²) in [4.78, 5) is 27.3. The lowest BCUT2D eigenvalue weighted by Gasteiger charge is -2.25. The number of aliphatic hydroxyl groups is 1. The first-order valence-electron chi connectivity index (χ1n) is 9.86. The van der Waals surface area contributed by atoms with Crippen LogP contribution in [0.4, 0.5) is 0 Å². The predicted molar refractivity (Wildman–Crippen MR) is 118 cm³/mol. The van der Waals surface area contributed by atoms with E-state index in [4.69, 9.17) is 16.3 Å². The fourth-order valence-electron chi connectivity index (χ4n) is 3.48. The molecule has 1 atom stereocenters. The van der Waals surface area contributed by atoms with Crippen LogP contribution >= 0.6 is 11.6 Å². The van der Waals surface area contributed by atoms with Crippen LogP contribution in [-0.2, 0) is 9.59 Å². The topological polar surface area (TPSA) is 66.8 Å². The maximum absolute atomic E-state index is 12.9. The quantitative estimate of drug-likeness (QED) is 0.275. The highest BCUT2D eigenvalue weighted by Gasteiger charge is 2.45. The molecule has 1 N–H and O–H groups in total. The van der Waals surface area contributed by atoms with Gasteiger partial charge in [0.2, 0.25) is 0 Å². The van der Waals surface area contributed by atoms with Crippen molar-refractivity contribution in [1.29, 1.82) is 0 Å². The summed E-state index contributed by atoms with van der Waals surface area (Å²) in [5, 5.41) is 11.5. The molecule has 1 saturated heterocycles. The molecular formula is C24H24ClNO4. The number of nitrogens with zero attached hydrogens (tertiary/aromatic N) is 1. The lowest BCUT2D eigenvalue weighted by atomic mass is 9.95. The average molecular weight is 426 g/mol. The molecular weight excluding hydrogens is 402 g/mol. The molecule has 5 nitrogen and oxygen atoms in total. The van der Waals surface area contributed by atoms with Gasteiger partial charge < -0.3 is 14.7 Å². The fraction of sp³-hybridized carbons (Fsp3) is 0.250. The molecule has 0 aromatic heterocycles. The highest BCUT2D eigenvalue weighted by Crippen LogP contribution is 2.40. The lowest BCUT2D eigenvalue weighted by Crippen LogP contribution is -2.30. The van der Waals surface area contributed by atoms with E-state index >= 15 is 0 Å². The molecule has 3 rings (SSSR count). The summed E-state index contributed by atoms with van der Waals surface area (Å²) < 4.78 is 5.62. The highest BCUT2D eigenvalue weighted by molar-refractivity contribution is 6.46. The van der Waals surface area contributed by atoms with Gasteiger partial charge in [-0.2, -0.15) is 0 Å². The molecule has 0 saturated carbocycles. The van der Waals surface area contributed by atoms with Crippen molar-refractivity contribution in [2.45, 2.75) is 25.8 Å². The summed E-state index contributed by atoms with van der Waals surface area (Å²) in [6.07, 6.45) is 3.26. The number of carbonyl (C=O) groups excluding carboxylic acids is 2. The number of rotatable bonds is 8. The van der Waals surface area contributed by atoms with E-state index in [0.29, 0.717) is 35.1 Å². The molecule has 0 bridgehead atoms. The second kappa shape index (κ2) is 9.63. The number of unbranched alkanes of at least 4 members (excludes halogenated alkanes) is 1. The summed E-state index contributed by atoms with van der Waals surface area (Å²) in [5.41, 5.74) is 1.19. The van der Waals surface area contributed by atoms with Crippen LogP contribution in [0, 0.1) is 0 Å². The molecule has 1 aliphatic rings. The minimum atomic E-state index is -0.695. The van der Waals surface area contributed by atoms with Crippen molar-refractivity contribution in [3.8, 4) is 5.75 Å². The third-order valence-corrected chi connectivity index (χ3v) is 5.20. The number of ether oxygens (including phenoxy) is 1. The SMILES string of the molecule is C=CCOc1cccc(C2/C(=C(/O)c3ccc(Cl)cc3)C(=O)C(=O)N2CCCC)c1. The molecule has 1 unspecified atom stereocenters. The second-order valence-electron chi connectivity index (χ2n) is 7.03. The Bertz CT molecular complexity index is 981. The van der Waals surface area contributed by atoms with Gasteiger partial charge in [0.15, 0.2) is 0 Å². The number of amides is 1. The first-order chi connectivity index (χ1) is 14.5. The Morgan fingerprint density at radius 3 is 2.63 bits per heavy atom. The number of hydrogen-bond acceptors (Lipinski definition) is 4. The summed E-state index contributed by atoms with van der Waals surface area (Å²) in [5.74, 6) is -0.922. The zero-order valence-corrected chi connectivity index (χ0v) is 17.6. The lowest BCUT2D eigenvalue weighted by molar-refractivity contribution is -0.139. The van der Waals surface area contributed by atoms with E-state index in [1.54, 1.807) is 48.5 Å². The number of halogens is 1. The third kappa shape index (κ3) is 4.41. The molecule has 30 heavy (non-hydrogen) atoms. The van der Waals surface area contributed by atoms with Crippen molar-refractivity contribution < 1.29 is 19.4 Å². The number of benzene rings is 2. The van der Waals surface area contributed by atoms with E-state index in [-0.39, 0.29) is 11.3 Å². The maximum Gasteiger partial charge on any atom is 0.295 e. The molecule has 1 aliphatic heterocycles. The molecule has 0 spiro atoms. The van der Waals surface area contributed by atoms with Crippen molar-refractivity contribution in [3.05, 3.63) is 82.9 Å². The van der Waals surface area contributed by atoms with Crippen molar-refractivity contribution in [1.82, 2.24) is 4.90 Å². The van der Waals surface area contributed by atoms with Crippen LogP contribution in [0.3, 0.4) is 0 Å². The zero-order valence-electron chi connectivity index (χ0n) is 16.8. The van der Waals surface area contributed by atoms with Crippen molar-refractivity contribution >= 4 is 29.1 Å². The van der Waals surface area contributed by atoms with E-state index in [1.807, 2.05) is 13.0 Å².